The first-order valence-electron chi connectivity index (χ1n) is 7.05. The highest BCUT2D eigenvalue weighted by Gasteiger charge is 2.49. The summed E-state index contributed by atoms with van der Waals surface area (Å²) in [5, 5.41) is 5.52. The Bertz CT molecular complexity index is 511. The Labute approximate surface area is 121 Å². The first-order valence-corrected chi connectivity index (χ1v) is 7.05. The van der Waals surface area contributed by atoms with Crippen LogP contribution in [0.5, 0.6) is 0 Å². The number of amides is 1. The summed E-state index contributed by atoms with van der Waals surface area (Å²) < 4.78 is 5.31. The van der Waals surface area contributed by atoms with Crippen molar-refractivity contribution in [2.45, 2.75) is 39.5 Å². The number of hydrazone groups is 1. The average molecular weight is 276 g/mol. The van der Waals surface area contributed by atoms with Gasteiger partial charge >= 0.3 is 0 Å². The van der Waals surface area contributed by atoms with Crippen molar-refractivity contribution in [3.8, 4) is 0 Å². The third-order valence-corrected chi connectivity index (χ3v) is 3.52. The molecule has 4 nitrogen and oxygen atoms in total. The van der Waals surface area contributed by atoms with Gasteiger partial charge in [0.1, 0.15) is 0 Å². The van der Waals surface area contributed by atoms with Crippen molar-refractivity contribution in [1.29, 1.82) is 0 Å². The predicted molar refractivity (Wildman–Crippen MR) is 81.7 cm³/mol. The van der Waals surface area contributed by atoms with Crippen LogP contribution >= 0.6 is 0 Å². The fraction of sp³-hybridized carbons (Fsp3) is 0.500. The van der Waals surface area contributed by atoms with Gasteiger partial charge in [-0.1, -0.05) is 45.0 Å². The zero-order chi connectivity index (χ0) is 15.3. The van der Waals surface area contributed by atoms with Gasteiger partial charge in [0.2, 0.25) is 5.90 Å². The fourth-order valence-electron chi connectivity index (χ4n) is 2.49. The summed E-state index contributed by atoms with van der Waals surface area (Å²) in [5.74, 6) is 0.399. The van der Waals surface area contributed by atoms with Gasteiger partial charge in [0.05, 0.1) is 7.11 Å². The van der Waals surface area contributed by atoms with Crippen molar-refractivity contribution < 1.29 is 9.53 Å². The van der Waals surface area contributed by atoms with Gasteiger partial charge in [-0.15, -0.1) is 5.10 Å². The molecule has 0 aliphatic carbocycles. The predicted octanol–water partition coefficient (Wildman–Crippen LogP) is 2.96. The molecule has 1 amide bonds. The molecule has 0 radical (unpaired) electrons. The summed E-state index contributed by atoms with van der Waals surface area (Å²) >= 11 is 0. The normalized spacial score (nSPS) is 21.2. The number of hydrogen-bond acceptors (Lipinski definition) is 3. The molecule has 20 heavy (non-hydrogen) atoms. The van der Waals surface area contributed by atoms with E-state index in [1.54, 1.807) is 14.2 Å². The quantitative estimate of drug-likeness (QED) is 0.833. The number of nitrogens with zero attached hydrogens (tertiary/aromatic N) is 2. The Balaban J connectivity index is 0.000000956. The molecule has 1 atom stereocenters. The highest BCUT2D eigenvalue weighted by atomic mass is 16.5. The number of benzene rings is 1. The number of aryl methyl sites for hydroxylation is 1. The molecule has 110 valence electrons. The minimum Gasteiger partial charge on any atom is -0.482 e. The number of likely N-dealkylation sites (N-methyl/N-ethyl adjacent to an activating group) is 1. The fourth-order valence-corrected chi connectivity index (χ4v) is 2.49. The van der Waals surface area contributed by atoms with Gasteiger partial charge < -0.3 is 4.74 Å². The molecule has 1 aliphatic heterocycles. The molecule has 1 heterocycles. The lowest BCUT2D eigenvalue weighted by Crippen LogP contribution is -2.41. The van der Waals surface area contributed by atoms with Crippen LogP contribution < -0.4 is 0 Å². The second-order valence-corrected chi connectivity index (χ2v) is 4.57. The molecule has 1 aliphatic rings. The maximum atomic E-state index is 12.4. The molecule has 0 saturated heterocycles. The second-order valence-electron chi connectivity index (χ2n) is 4.57. The van der Waals surface area contributed by atoms with E-state index in [1.807, 2.05) is 45.0 Å². The number of carbonyl (C=O) groups is 1. The van der Waals surface area contributed by atoms with E-state index < -0.39 is 5.41 Å². The molecule has 2 rings (SSSR count). The van der Waals surface area contributed by atoms with Crippen LogP contribution in [-0.4, -0.2) is 31.0 Å². The third-order valence-electron chi connectivity index (χ3n) is 3.52. The van der Waals surface area contributed by atoms with Gasteiger partial charge in [-0.05, 0) is 24.5 Å². The van der Waals surface area contributed by atoms with E-state index in [0.717, 1.165) is 17.5 Å². The van der Waals surface area contributed by atoms with Crippen molar-refractivity contribution >= 4 is 11.8 Å². The van der Waals surface area contributed by atoms with Crippen LogP contribution in [-0.2, 0) is 21.4 Å². The number of rotatable bonds is 2. The molecule has 1 aromatic rings. The number of ether oxygens (including phenoxy) is 1. The first-order chi connectivity index (χ1) is 9.55. The summed E-state index contributed by atoms with van der Waals surface area (Å²) in [5.41, 5.74) is 1.31. The van der Waals surface area contributed by atoms with Gasteiger partial charge in [-0.3, -0.25) is 4.79 Å². The van der Waals surface area contributed by atoms with Gasteiger partial charge in [0.25, 0.3) is 5.91 Å². The van der Waals surface area contributed by atoms with Crippen molar-refractivity contribution in [3.63, 3.8) is 0 Å². The highest BCUT2D eigenvalue weighted by Crippen LogP contribution is 2.35. The lowest BCUT2D eigenvalue weighted by Gasteiger charge is -2.25. The molecule has 1 aromatic carbocycles. The van der Waals surface area contributed by atoms with E-state index in [-0.39, 0.29) is 5.91 Å². The van der Waals surface area contributed by atoms with Gasteiger partial charge in [-0.25, -0.2) is 5.01 Å². The smallest absolute Gasteiger partial charge is 0.262 e. The second kappa shape index (κ2) is 6.55. The molecule has 0 saturated carbocycles. The average Bonchev–Trinajstić information content (AvgIpc) is 2.74. The van der Waals surface area contributed by atoms with Crippen LogP contribution in [0.3, 0.4) is 0 Å². The van der Waals surface area contributed by atoms with Crippen molar-refractivity contribution in [3.05, 3.63) is 35.4 Å². The number of hydrogen-bond donors (Lipinski definition) is 0. The monoisotopic (exact) mass is 276 g/mol. The number of methoxy groups -OCH3 is 1. The molecule has 0 fully saturated rings. The SMILES string of the molecule is CC.CCc1ccccc1C1(C)C(=O)N(C)N=C1OC. The van der Waals surface area contributed by atoms with Crippen LogP contribution in [0.25, 0.3) is 0 Å². The lowest BCUT2D eigenvalue weighted by atomic mass is 9.78. The van der Waals surface area contributed by atoms with Crippen molar-refractivity contribution in [1.82, 2.24) is 5.01 Å². The summed E-state index contributed by atoms with van der Waals surface area (Å²) in [7, 11) is 3.21. The lowest BCUT2D eigenvalue weighted by molar-refractivity contribution is -0.131. The molecule has 0 spiro atoms. The molecule has 0 aromatic heterocycles. The van der Waals surface area contributed by atoms with E-state index in [2.05, 4.69) is 12.0 Å². The Kier molecular flexibility index (Phi) is 5.31. The maximum absolute atomic E-state index is 12.4. The zero-order valence-electron chi connectivity index (χ0n) is 13.2. The molecular weight excluding hydrogens is 252 g/mol. The third kappa shape index (κ3) is 2.42. The summed E-state index contributed by atoms with van der Waals surface area (Å²) in [6.45, 7) is 7.95. The van der Waals surface area contributed by atoms with Crippen molar-refractivity contribution in [2.75, 3.05) is 14.2 Å². The largest absolute Gasteiger partial charge is 0.482 e. The van der Waals surface area contributed by atoms with Crippen LogP contribution in [0.1, 0.15) is 38.8 Å². The minimum atomic E-state index is -0.809. The van der Waals surface area contributed by atoms with E-state index >= 15 is 0 Å². The van der Waals surface area contributed by atoms with Gasteiger partial charge in [0.15, 0.2) is 5.41 Å². The maximum Gasteiger partial charge on any atom is 0.262 e. The molecule has 0 bridgehead atoms. The summed E-state index contributed by atoms with van der Waals surface area (Å²) in [6.07, 6.45) is 0.875. The summed E-state index contributed by atoms with van der Waals surface area (Å²) in [6, 6.07) is 7.95. The Morgan fingerprint density at radius 2 is 1.90 bits per heavy atom. The molecule has 1 unspecified atom stereocenters. The van der Waals surface area contributed by atoms with Gasteiger partial charge in [0, 0.05) is 7.05 Å². The Hall–Kier alpha value is -1.84. The van der Waals surface area contributed by atoms with Crippen LogP contribution in [0.4, 0.5) is 0 Å². The molecule has 0 N–H and O–H groups in total. The topological polar surface area (TPSA) is 41.9 Å². The number of carbonyl (C=O) groups excluding carboxylic acids is 1. The van der Waals surface area contributed by atoms with E-state index in [9.17, 15) is 4.79 Å². The minimum absolute atomic E-state index is 0.0553. The summed E-state index contributed by atoms with van der Waals surface area (Å²) in [4.78, 5) is 12.4. The first kappa shape index (κ1) is 16.2. The highest BCUT2D eigenvalue weighted by molar-refractivity contribution is 6.13. The molecule has 4 heteroatoms. The Morgan fingerprint density at radius 3 is 2.45 bits per heavy atom. The molecular formula is C16H24N2O2. The van der Waals surface area contributed by atoms with Crippen LogP contribution in [0.15, 0.2) is 29.4 Å². The van der Waals surface area contributed by atoms with Crippen LogP contribution in [0, 0.1) is 0 Å². The Morgan fingerprint density at radius 1 is 1.30 bits per heavy atom. The van der Waals surface area contributed by atoms with E-state index in [4.69, 9.17) is 4.74 Å². The van der Waals surface area contributed by atoms with E-state index in [1.165, 1.54) is 5.01 Å². The van der Waals surface area contributed by atoms with Crippen molar-refractivity contribution in [2.24, 2.45) is 5.10 Å². The van der Waals surface area contributed by atoms with E-state index in [0.29, 0.717) is 5.90 Å². The van der Waals surface area contributed by atoms with Crippen LogP contribution in [0.2, 0.25) is 0 Å². The van der Waals surface area contributed by atoms with Gasteiger partial charge in [-0.2, -0.15) is 0 Å². The zero-order valence-corrected chi connectivity index (χ0v) is 13.2. The standard InChI is InChI=1S/C14H18N2O2.C2H6/c1-5-10-8-6-7-9-11(10)14(2)12(18-4)15-16(3)13(14)17;1-2/h6-9H,5H2,1-4H3;1-2H3.